The molecule has 3 rings (SSSR count). The second-order valence-electron chi connectivity index (χ2n) is 5.86. The smallest absolute Gasteiger partial charge is 0.353 e. The lowest BCUT2D eigenvalue weighted by atomic mass is 10.1. The maximum atomic E-state index is 13.6. The van der Waals surface area contributed by atoms with Crippen LogP contribution in [-0.2, 0) is 0 Å². The van der Waals surface area contributed by atoms with Gasteiger partial charge in [-0.15, -0.1) is 0 Å². The number of rotatable bonds is 4. The summed E-state index contributed by atoms with van der Waals surface area (Å²) in [4.78, 5) is 9.93. The Morgan fingerprint density at radius 2 is 1.87 bits per heavy atom. The molecule has 7 heteroatoms. The summed E-state index contributed by atoms with van der Waals surface area (Å²) >= 11 is 0. The fourth-order valence-electron chi connectivity index (χ4n) is 3.17. The van der Waals surface area contributed by atoms with Crippen LogP contribution < -0.4 is 4.90 Å². The number of nitrogens with zero attached hydrogens (tertiary/aromatic N) is 3. The van der Waals surface area contributed by atoms with E-state index in [9.17, 15) is 17.6 Å². The number of benzene rings is 1. The molecule has 23 heavy (non-hydrogen) atoms. The zero-order chi connectivity index (χ0) is 16.4. The van der Waals surface area contributed by atoms with E-state index in [1.54, 1.807) is 4.90 Å². The first kappa shape index (κ1) is 16.0. The van der Waals surface area contributed by atoms with Crippen LogP contribution in [0.3, 0.4) is 0 Å². The van der Waals surface area contributed by atoms with Gasteiger partial charge in [-0.05, 0) is 31.0 Å². The number of fused-ring (bicyclic) bond motifs is 1. The predicted molar refractivity (Wildman–Crippen MR) is 79.8 cm³/mol. The third kappa shape index (κ3) is 3.71. The van der Waals surface area contributed by atoms with Crippen LogP contribution in [0.2, 0.25) is 0 Å². The summed E-state index contributed by atoms with van der Waals surface area (Å²) < 4.78 is 51.6. The molecule has 1 aliphatic rings. The van der Waals surface area contributed by atoms with E-state index >= 15 is 0 Å². The van der Waals surface area contributed by atoms with Crippen molar-refractivity contribution in [3.63, 3.8) is 0 Å². The average molecular weight is 327 g/mol. The van der Waals surface area contributed by atoms with E-state index in [-0.39, 0.29) is 12.6 Å². The maximum Gasteiger partial charge on any atom is 0.390 e. The Hall–Kier alpha value is -1.92. The minimum atomic E-state index is -4.23. The maximum absolute atomic E-state index is 13.6. The molecule has 0 unspecified atom stereocenters. The van der Waals surface area contributed by atoms with Crippen molar-refractivity contribution in [2.45, 2.75) is 44.3 Å². The number of hydrogen-bond acceptors (Lipinski definition) is 3. The Bertz CT molecular complexity index is 681. The average Bonchev–Trinajstić information content (AvgIpc) is 3.01. The third-order valence-electron chi connectivity index (χ3n) is 4.25. The lowest BCUT2D eigenvalue weighted by molar-refractivity contribution is -0.132. The van der Waals surface area contributed by atoms with Crippen molar-refractivity contribution in [1.29, 1.82) is 0 Å². The summed E-state index contributed by atoms with van der Waals surface area (Å²) in [7, 11) is 0. The largest absolute Gasteiger partial charge is 0.390 e. The van der Waals surface area contributed by atoms with Crippen LogP contribution in [0.25, 0.3) is 10.9 Å². The minimum absolute atomic E-state index is 0.0127. The first-order chi connectivity index (χ1) is 10.9. The first-order valence-electron chi connectivity index (χ1n) is 7.68. The van der Waals surface area contributed by atoms with Crippen molar-refractivity contribution in [1.82, 2.24) is 9.97 Å². The number of alkyl halides is 3. The molecule has 1 fully saturated rings. The van der Waals surface area contributed by atoms with Gasteiger partial charge in [0, 0.05) is 18.0 Å². The van der Waals surface area contributed by atoms with Gasteiger partial charge in [0.15, 0.2) is 0 Å². The Morgan fingerprint density at radius 3 is 2.57 bits per heavy atom. The van der Waals surface area contributed by atoms with Crippen molar-refractivity contribution >= 4 is 16.7 Å². The van der Waals surface area contributed by atoms with E-state index in [1.807, 2.05) is 0 Å². The van der Waals surface area contributed by atoms with Crippen LogP contribution in [0.15, 0.2) is 24.5 Å². The predicted octanol–water partition coefficient (Wildman–Crippen LogP) is 4.47. The summed E-state index contributed by atoms with van der Waals surface area (Å²) in [6.07, 6.45) is -0.174. The second kappa shape index (κ2) is 6.29. The highest BCUT2D eigenvalue weighted by Crippen LogP contribution is 2.33. The molecular weight excluding hydrogens is 310 g/mol. The van der Waals surface area contributed by atoms with Gasteiger partial charge in [-0.1, -0.05) is 12.8 Å². The first-order valence-corrected chi connectivity index (χ1v) is 7.68. The minimum Gasteiger partial charge on any atom is -0.353 e. The van der Waals surface area contributed by atoms with E-state index in [0.29, 0.717) is 16.7 Å². The summed E-state index contributed by atoms with van der Waals surface area (Å²) in [6.45, 7) is -0.170. The molecular formula is C16H17F4N3. The Morgan fingerprint density at radius 1 is 1.13 bits per heavy atom. The van der Waals surface area contributed by atoms with E-state index < -0.39 is 18.4 Å². The number of aromatic nitrogens is 2. The SMILES string of the molecule is Fc1ccc2ncnc(N(CCC(F)(F)F)C3CCCC3)c2c1. The van der Waals surface area contributed by atoms with Crippen LogP contribution in [0.5, 0.6) is 0 Å². The molecule has 0 spiro atoms. The zero-order valence-electron chi connectivity index (χ0n) is 12.5. The summed E-state index contributed by atoms with van der Waals surface area (Å²) in [5.74, 6) is -0.0543. The molecule has 1 aromatic heterocycles. The molecule has 0 atom stereocenters. The lowest BCUT2D eigenvalue weighted by Crippen LogP contribution is -2.37. The van der Waals surface area contributed by atoms with Gasteiger partial charge in [-0.25, -0.2) is 14.4 Å². The van der Waals surface area contributed by atoms with Gasteiger partial charge in [0.25, 0.3) is 0 Å². The van der Waals surface area contributed by atoms with Gasteiger partial charge >= 0.3 is 6.18 Å². The standard InChI is InChI=1S/C16H17F4N3/c17-11-5-6-14-13(9-11)15(22-10-21-14)23(8-7-16(18,19)20)12-3-1-2-4-12/h5-6,9-10,12H,1-4,7-8H2. The topological polar surface area (TPSA) is 29.0 Å². The fraction of sp³-hybridized carbons (Fsp3) is 0.500. The molecule has 2 aromatic rings. The van der Waals surface area contributed by atoms with Gasteiger partial charge in [0.2, 0.25) is 0 Å². The quantitative estimate of drug-likeness (QED) is 0.776. The highest BCUT2D eigenvalue weighted by Gasteiger charge is 2.32. The van der Waals surface area contributed by atoms with Crippen LogP contribution in [0, 0.1) is 5.82 Å². The van der Waals surface area contributed by atoms with Crippen molar-refractivity contribution < 1.29 is 17.6 Å². The summed E-state index contributed by atoms with van der Waals surface area (Å²) in [6, 6.07) is 4.11. The monoisotopic (exact) mass is 327 g/mol. The lowest BCUT2D eigenvalue weighted by Gasteiger charge is -2.31. The van der Waals surface area contributed by atoms with Crippen molar-refractivity contribution in [2.75, 3.05) is 11.4 Å². The number of anilines is 1. The number of halogens is 4. The van der Waals surface area contributed by atoms with Crippen LogP contribution in [-0.4, -0.2) is 28.7 Å². The van der Waals surface area contributed by atoms with Crippen molar-refractivity contribution in [2.24, 2.45) is 0 Å². The van der Waals surface area contributed by atoms with Gasteiger partial charge < -0.3 is 4.90 Å². The van der Waals surface area contributed by atoms with Gasteiger partial charge in [0.05, 0.1) is 11.9 Å². The van der Waals surface area contributed by atoms with Crippen LogP contribution >= 0.6 is 0 Å². The summed E-state index contributed by atoms with van der Waals surface area (Å²) in [5, 5.41) is 0.460. The van der Waals surface area contributed by atoms with Gasteiger partial charge in [-0.3, -0.25) is 0 Å². The highest BCUT2D eigenvalue weighted by atomic mass is 19.4. The normalized spacial score (nSPS) is 16.2. The van der Waals surface area contributed by atoms with Gasteiger partial charge in [0.1, 0.15) is 18.0 Å². The van der Waals surface area contributed by atoms with E-state index in [1.165, 1.54) is 24.5 Å². The second-order valence-corrected chi connectivity index (χ2v) is 5.86. The molecule has 124 valence electrons. The molecule has 0 amide bonds. The molecule has 3 nitrogen and oxygen atoms in total. The Labute approximate surface area is 131 Å². The van der Waals surface area contributed by atoms with Crippen molar-refractivity contribution in [3.05, 3.63) is 30.3 Å². The third-order valence-corrected chi connectivity index (χ3v) is 4.25. The molecule has 1 aromatic carbocycles. The molecule has 1 saturated carbocycles. The highest BCUT2D eigenvalue weighted by molar-refractivity contribution is 5.89. The van der Waals surface area contributed by atoms with E-state index in [0.717, 1.165) is 25.7 Å². The van der Waals surface area contributed by atoms with Gasteiger partial charge in [-0.2, -0.15) is 13.2 Å². The van der Waals surface area contributed by atoms with Crippen molar-refractivity contribution in [3.8, 4) is 0 Å². The molecule has 1 heterocycles. The Balaban J connectivity index is 1.99. The molecule has 0 radical (unpaired) electrons. The molecule has 0 saturated heterocycles. The molecule has 1 aliphatic carbocycles. The molecule has 0 N–H and O–H groups in total. The fourth-order valence-corrected chi connectivity index (χ4v) is 3.17. The van der Waals surface area contributed by atoms with Crippen LogP contribution in [0.1, 0.15) is 32.1 Å². The van der Waals surface area contributed by atoms with E-state index in [4.69, 9.17) is 0 Å². The molecule has 0 bridgehead atoms. The Kier molecular flexibility index (Phi) is 4.37. The summed E-state index contributed by atoms with van der Waals surface area (Å²) in [5.41, 5.74) is 0.534. The zero-order valence-corrected chi connectivity index (χ0v) is 12.5. The van der Waals surface area contributed by atoms with E-state index in [2.05, 4.69) is 9.97 Å². The van der Waals surface area contributed by atoms with Crippen LogP contribution in [0.4, 0.5) is 23.4 Å². The number of hydrogen-bond donors (Lipinski definition) is 0. The molecule has 0 aliphatic heterocycles.